The molecule has 0 aliphatic rings. The lowest BCUT2D eigenvalue weighted by Gasteiger charge is -2.08. The summed E-state index contributed by atoms with van der Waals surface area (Å²) < 4.78 is 38.3. The number of halogens is 3. The lowest BCUT2D eigenvalue weighted by atomic mass is 10.1. The molecule has 4 nitrogen and oxygen atoms in total. The van der Waals surface area contributed by atoms with Crippen LogP contribution in [0.15, 0.2) is 24.4 Å². The van der Waals surface area contributed by atoms with Gasteiger partial charge in [0.15, 0.2) is 5.69 Å². The van der Waals surface area contributed by atoms with Crippen molar-refractivity contribution in [1.29, 1.82) is 0 Å². The molecule has 0 saturated heterocycles. The third kappa shape index (κ3) is 2.76. The molecule has 1 N–H and O–H groups in total. The zero-order chi connectivity index (χ0) is 14.0. The Bertz CT molecular complexity index is 578. The second kappa shape index (κ2) is 5.00. The van der Waals surface area contributed by atoms with Crippen molar-refractivity contribution in [2.24, 2.45) is 0 Å². The molecule has 0 saturated carbocycles. The first kappa shape index (κ1) is 13.5. The largest absolute Gasteiger partial charge is 0.436 e. The highest BCUT2D eigenvalue weighted by Crippen LogP contribution is 2.27. The Hall–Kier alpha value is -1.89. The summed E-state index contributed by atoms with van der Waals surface area (Å²) in [5.74, 6) is 0. The van der Waals surface area contributed by atoms with Gasteiger partial charge < -0.3 is 5.11 Å². The Kier molecular flexibility index (Phi) is 3.57. The number of alkyl halides is 3. The number of hydrogen-bond acceptors (Lipinski definition) is 3. The first-order valence-electron chi connectivity index (χ1n) is 5.68. The Morgan fingerprint density at radius 3 is 2.53 bits per heavy atom. The van der Waals surface area contributed by atoms with Crippen molar-refractivity contribution in [3.63, 3.8) is 0 Å². The van der Waals surface area contributed by atoms with Crippen molar-refractivity contribution in [2.75, 3.05) is 0 Å². The van der Waals surface area contributed by atoms with Gasteiger partial charge in [0, 0.05) is 0 Å². The van der Waals surface area contributed by atoms with Crippen molar-refractivity contribution in [3.05, 3.63) is 41.2 Å². The molecule has 2 rings (SSSR count). The number of benzene rings is 1. The molecule has 1 aromatic carbocycles. The van der Waals surface area contributed by atoms with Gasteiger partial charge in [0.2, 0.25) is 0 Å². The standard InChI is InChI=1S/C12H12F3N3O/c1-2-8-3-4-10(5-9(8)7-19)18-6-11(16-17-18)12(13,14)15/h3-6,19H,2,7H2,1H3. The number of aryl methyl sites for hydroxylation is 1. The van der Waals surface area contributed by atoms with E-state index in [4.69, 9.17) is 0 Å². The van der Waals surface area contributed by atoms with Crippen molar-refractivity contribution >= 4 is 0 Å². The third-order valence-electron chi connectivity index (χ3n) is 2.79. The molecule has 0 aliphatic heterocycles. The van der Waals surface area contributed by atoms with E-state index < -0.39 is 11.9 Å². The van der Waals surface area contributed by atoms with Crippen molar-refractivity contribution in [3.8, 4) is 5.69 Å². The van der Waals surface area contributed by atoms with Gasteiger partial charge in [0.1, 0.15) is 0 Å². The topological polar surface area (TPSA) is 50.9 Å². The van der Waals surface area contributed by atoms with E-state index >= 15 is 0 Å². The zero-order valence-electron chi connectivity index (χ0n) is 10.1. The first-order valence-corrected chi connectivity index (χ1v) is 5.68. The minimum Gasteiger partial charge on any atom is -0.392 e. The van der Waals surface area contributed by atoms with Crippen LogP contribution in [-0.2, 0) is 19.2 Å². The zero-order valence-corrected chi connectivity index (χ0v) is 10.1. The number of aliphatic hydroxyl groups excluding tert-OH is 1. The van der Waals surface area contributed by atoms with Crippen LogP contribution in [-0.4, -0.2) is 20.1 Å². The van der Waals surface area contributed by atoms with Crippen LogP contribution in [0.3, 0.4) is 0 Å². The summed E-state index contributed by atoms with van der Waals surface area (Å²) >= 11 is 0. The van der Waals surface area contributed by atoms with Crippen molar-refractivity contribution in [2.45, 2.75) is 26.1 Å². The van der Waals surface area contributed by atoms with Gasteiger partial charge in [-0.25, -0.2) is 4.68 Å². The van der Waals surface area contributed by atoms with Gasteiger partial charge in [-0.05, 0) is 29.7 Å². The summed E-state index contributed by atoms with van der Waals surface area (Å²) in [5.41, 5.74) is 1.01. The van der Waals surface area contributed by atoms with Crippen LogP contribution in [0.25, 0.3) is 5.69 Å². The fraction of sp³-hybridized carbons (Fsp3) is 0.333. The molecule has 0 amide bonds. The van der Waals surface area contributed by atoms with E-state index in [0.717, 1.165) is 22.9 Å². The number of rotatable bonds is 3. The molecule has 7 heteroatoms. The maximum atomic E-state index is 12.4. The fourth-order valence-corrected chi connectivity index (χ4v) is 1.77. The van der Waals surface area contributed by atoms with E-state index in [9.17, 15) is 18.3 Å². The maximum absolute atomic E-state index is 12.4. The van der Waals surface area contributed by atoms with Gasteiger partial charge in [0.05, 0.1) is 18.5 Å². The van der Waals surface area contributed by atoms with E-state index in [0.29, 0.717) is 11.3 Å². The van der Waals surface area contributed by atoms with E-state index in [1.165, 1.54) is 0 Å². The number of aliphatic hydroxyl groups is 1. The van der Waals surface area contributed by atoms with Gasteiger partial charge in [-0.2, -0.15) is 13.2 Å². The Balaban J connectivity index is 2.39. The van der Waals surface area contributed by atoms with Crippen molar-refractivity contribution < 1.29 is 18.3 Å². The van der Waals surface area contributed by atoms with Crippen LogP contribution < -0.4 is 0 Å². The number of aromatic nitrogens is 3. The molecule has 2 aromatic rings. The second-order valence-electron chi connectivity index (χ2n) is 4.01. The average Bonchev–Trinajstić information content (AvgIpc) is 2.87. The van der Waals surface area contributed by atoms with Crippen LogP contribution in [0.5, 0.6) is 0 Å². The molecule has 102 valence electrons. The normalized spacial score (nSPS) is 11.8. The van der Waals surface area contributed by atoms with E-state index in [2.05, 4.69) is 10.3 Å². The Morgan fingerprint density at radius 1 is 1.26 bits per heavy atom. The highest BCUT2D eigenvalue weighted by Gasteiger charge is 2.34. The molecule has 0 bridgehead atoms. The minimum absolute atomic E-state index is 0.169. The summed E-state index contributed by atoms with van der Waals surface area (Å²) in [6.45, 7) is 1.77. The van der Waals surface area contributed by atoms with Crippen LogP contribution in [0.2, 0.25) is 0 Å². The van der Waals surface area contributed by atoms with Crippen LogP contribution >= 0.6 is 0 Å². The molecule has 0 unspecified atom stereocenters. The molecule has 0 atom stereocenters. The van der Waals surface area contributed by atoms with E-state index in [1.807, 2.05) is 6.92 Å². The maximum Gasteiger partial charge on any atom is 0.436 e. The molecule has 1 heterocycles. The predicted octanol–water partition coefficient (Wildman–Crippen LogP) is 2.34. The molecule has 0 aliphatic carbocycles. The van der Waals surface area contributed by atoms with Gasteiger partial charge in [-0.1, -0.05) is 18.2 Å². The van der Waals surface area contributed by atoms with Gasteiger partial charge in [-0.3, -0.25) is 0 Å². The molecule has 0 spiro atoms. The smallest absolute Gasteiger partial charge is 0.392 e. The Labute approximate surface area is 107 Å². The van der Waals surface area contributed by atoms with Crippen LogP contribution in [0.1, 0.15) is 23.7 Å². The van der Waals surface area contributed by atoms with Crippen molar-refractivity contribution in [1.82, 2.24) is 15.0 Å². The van der Waals surface area contributed by atoms with Gasteiger partial charge >= 0.3 is 6.18 Å². The molecule has 19 heavy (non-hydrogen) atoms. The molecule has 0 radical (unpaired) electrons. The highest BCUT2D eigenvalue weighted by atomic mass is 19.4. The quantitative estimate of drug-likeness (QED) is 0.932. The summed E-state index contributed by atoms with van der Waals surface area (Å²) in [7, 11) is 0. The van der Waals surface area contributed by atoms with E-state index in [1.54, 1.807) is 18.2 Å². The highest BCUT2D eigenvalue weighted by molar-refractivity contribution is 5.40. The summed E-state index contributed by atoms with van der Waals surface area (Å²) in [5, 5.41) is 15.8. The lowest BCUT2D eigenvalue weighted by molar-refractivity contribution is -0.141. The monoisotopic (exact) mass is 271 g/mol. The molecule has 1 aromatic heterocycles. The van der Waals surface area contributed by atoms with E-state index in [-0.39, 0.29) is 6.61 Å². The molecular formula is C12H12F3N3O. The van der Waals surface area contributed by atoms with Gasteiger partial charge in [-0.15, -0.1) is 5.10 Å². The first-order chi connectivity index (χ1) is 8.95. The SMILES string of the molecule is CCc1ccc(-n2cc(C(F)(F)F)nn2)cc1CO. The summed E-state index contributed by atoms with van der Waals surface area (Å²) in [4.78, 5) is 0. The minimum atomic E-state index is -4.51. The summed E-state index contributed by atoms with van der Waals surface area (Å²) in [6, 6.07) is 5.01. The van der Waals surface area contributed by atoms with Gasteiger partial charge in [0.25, 0.3) is 0 Å². The fourth-order valence-electron chi connectivity index (χ4n) is 1.77. The molecular weight excluding hydrogens is 259 g/mol. The van der Waals surface area contributed by atoms with Crippen LogP contribution in [0, 0.1) is 0 Å². The summed E-state index contributed by atoms with van der Waals surface area (Å²) in [6.07, 6.45) is -2.95. The second-order valence-corrected chi connectivity index (χ2v) is 4.01. The Morgan fingerprint density at radius 2 is 2.00 bits per heavy atom. The predicted molar refractivity (Wildman–Crippen MR) is 61.7 cm³/mol. The van der Waals surface area contributed by atoms with Crippen LogP contribution in [0.4, 0.5) is 13.2 Å². The average molecular weight is 271 g/mol. The molecule has 0 fully saturated rings. The lowest BCUT2D eigenvalue weighted by Crippen LogP contribution is -2.05. The number of hydrogen-bond donors (Lipinski definition) is 1. The number of nitrogens with zero attached hydrogens (tertiary/aromatic N) is 3. The third-order valence-corrected chi connectivity index (χ3v) is 2.79.